The smallest absolute Gasteiger partial charge is 0.0518 e. The molecule has 0 unspecified atom stereocenters. The van der Waals surface area contributed by atoms with Gasteiger partial charge < -0.3 is 5.32 Å². The zero-order valence-corrected chi connectivity index (χ0v) is 11.8. The Morgan fingerprint density at radius 3 is 2.63 bits per heavy atom. The van der Waals surface area contributed by atoms with Gasteiger partial charge in [0.2, 0.25) is 0 Å². The van der Waals surface area contributed by atoms with E-state index >= 15 is 0 Å². The average molecular weight is 276 g/mol. The molecular weight excluding hydrogens is 258 g/mol. The van der Waals surface area contributed by atoms with Crippen molar-refractivity contribution < 1.29 is 0 Å². The van der Waals surface area contributed by atoms with Crippen LogP contribution in [0.4, 0.5) is 0 Å². The van der Waals surface area contributed by atoms with Crippen LogP contribution in [-0.4, -0.2) is 15.8 Å². The molecule has 19 heavy (non-hydrogen) atoms. The molecule has 0 radical (unpaired) electrons. The van der Waals surface area contributed by atoms with E-state index in [1.54, 1.807) is 0 Å². The molecule has 0 amide bonds. The standard InChI is InChI=1S/C15H18ClN3/c1-19-15(6-7-18-19)10-17-14-8-12(9-14)11-2-4-13(16)5-3-11/h2-7,12,14,17H,8-10H2,1H3. The van der Waals surface area contributed by atoms with Gasteiger partial charge in [-0.05, 0) is 42.5 Å². The van der Waals surface area contributed by atoms with Crippen molar-refractivity contribution in [1.82, 2.24) is 15.1 Å². The molecule has 100 valence electrons. The second kappa shape index (κ2) is 5.35. The first-order valence-electron chi connectivity index (χ1n) is 6.68. The summed E-state index contributed by atoms with van der Waals surface area (Å²) in [7, 11) is 1.98. The quantitative estimate of drug-likeness (QED) is 0.929. The molecule has 0 bridgehead atoms. The lowest BCUT2D eigenvalue weighted by Gasteiger charge is -2.36. The van der Waals surface area contributed by atoms with Gasteiger partial charge in [0.1, 0.15) is 0 Å². The van der Waals surface area contributed by atoms with Crippen molar-refractivity contribution in [2.24, 2.45) is 7.05 Å². The molecule has 2 aromatic rings. The van der Waals surface area contributed by atoms with E-state index in [2.05, 4.69) is 28.6 Å². The Morgan fingerprint density at radius 2 is 2.00 bits per heavy atom. The van der Waals surface area contributed by atoms with E-state index in [0.717, 1.165) is 11.6 Å². The molecule has 0 saturated heterocycles. The summed E-state index contributed by atoms with van der Waals surface area (Å²) in [4.78, 5) is 0. The van der Waals surface area contributed by atoms with E-state index in [9.17, 15) is 0 Å². The zero-order valence-electron chi connectivity index (χ0n) is 11.0. The zero-order chi connectivity index (χ0) is 13.2. The molecule has 0 atom stereocenters. The molecule has 1 aliphatic rings. The lowest BCUT2D eigenvalue weighted by Crippen LogP contribution is -2.39. The number of aromatic nitrogens is 2. The maximum Gasteiger partial charge on any atom is 0.0518 e. The van der Waals surface area contributed by atoms with Crippen LogP contribution in [0.5, 0.6) is 0 Å². The monoisotopic (exact) mass is 275 g/mol. The van der Waals surface area contributed by atoms with Crippen molar-refractivity contribution in [2.45, 2.75) is 31.3 Å². The van der Waals surface area contributed by atoms with Crippen LogP contribution in [0.2, 0.25) is 5.02 Å². The summed E-state index contributed by atoms with van der Waals surface area (Å²) in [5.74, 6) is 0.682. The molecule has 1 fully saturated rings. The number of nitrogens with zero attached hydrogens (tertiary/aromatic N) is 2. The molecule has 1 aromatic heterocycles. The highest BCUT2D eigenvalue weighted by atomic mass is 35.5. The third-order valence-corrected chi connectivity index (χ3v) is 4.23. The Morgan fingerprint density at radius 1 is 1.26 bits per heavy atom. The minimum absolute atomic E-state index is 0.621. The predicted octanol–water partition coefficient (Wildman–Crippen LogP) is 3.11. The van der Waals surface area contributed by atoms with Gasteiger partial charge in [0.15, 0.2) is 0 Å². The Bertz CT molecular complexity index is 541. The summed E-state index contributed by atoms with van der Waals surface area (Å²) in [6.07, 6.45) is 4.26. The molecule has 3 rings (SSSR count). The SMILES string of the molecule is Cn1nccc1CNC1CC(c2ccc(Cl)cc2)C1. The van der Waals surface area contributed by atoms with Crippen molar-refractivity contribution in [3.05, 3.63) is 52.8 Å². The van der Waals surface area contributed by atoms with E-state index in [1.807, 2.05) is 30.1 Å². The van der Waals surface area contributed by atoms with Crippen LogP contribution in [0, 0.1) is 0 Å². The largest absolute Gasteiger partial charge is 0.308 e. The normalized spacial score (nSPS) is 22.2. The third-order valence-electron chi connectivity index (χ3n) is 3.97. The van der Waals surface area contributed by atoms with E-state index < -0.39 is 0 Å². The summed E-state index contributed by atoms with van der Waals surface area (Å²) in [5, 5.41) is 8.57. The summed E-state index contributed by atoms with van der Waals surface area (Å²) in [6, 6.07) is 10.9. The summed E-state index contributed by atoms with van der Waals surface area (Å²) >= 11 is 5.91. The Balaban J connectivity index is 1.48. The van der Waals surface area contributed by atoms with Gasteiger partial charge in [0.05, 0.1) is 5.69 Å². The van der Waals surface area contributed by atoms with Crippen LogP contribution < -0.4 is 5.32 Å². The van der Waals surface area contributed by atoms with Gasteiger partial charge in [-0.25, -0.2) is 0 Å². The first kappa shape index (κ1) is 12.7. The molecule has 1 saturated carbocycles. The topological polar surface area (TPSA) is 29.9 Å². The van der Waals surface area contributed by atoms with Crippen molar-refractivity contribution in [2.75, 3.05) is 0 Å². The molecule has 1 heterocycles. The van der Waals surface area contributed by atoms with Gasteiger partial charge in [-0.3, -0.25) is 4.68 Å². The Labute approximate surface area is 118 Å². The number of nitrogens with one attached hydrogen (secondary N) is 1. The molecule has 0 spiro atoms. The van der Waals surface area contributed by atoms with Crippen molar-refractivity contribution in [1.29, 1.82) is 0 Å². The second-order valence-electron chi connectivity index (χ2n) is 5.24. The third kappa shape index (κ3) is 2.82. The van der Waals surface area contributed by atoms with Crippen molar-refractivity contribution >= 4 is 11.6 Å². The molecule has 1 N–H and O–H groups in total. The van der Waals surface area contributed by atoms with Crippen LogP contribution in [0.25, 0.3) is 0 Å². The Hall–Kier alpha value is -1.32. The van der Waals surface area contributed by atoms with Gasteiger partial charge in [-0.1, -0.05) is 23.7 Å². The summed E-state index contributed by atoms with van der Waals surface area (Å²) in [6.45, 7) is 0.897. The lowest BCUT2D eigenvalue weighted by molar-refractivity contribution is 0.287. The fourth-order valence-corrected chi connectivity index (χ4v) is 2.74. The van der Waals surface area contributed by atoms with E-state index in [0.29, 0.717) is 12.0 Å². The van der Waals surface area contributed by atoms with Crippen LogP contribution in [-0.2, 0) is 13.6 Å². The number of rotatable bonds is 4. The van der Waals surface area contributed by atoms with Gasteiger partial charge in [-0.15, -0.1) is 0 Å². The molecule has 0 aliphatic heterocycles. The minimum Gasteiger partial charge on any atom is -0.308 e. The van der Waals surface area contributed by atoms with Gasteiger partial charge in [0, 0.05) is 30.9 Å². The fraction of sp³-hybridized carbons (Fsp3) is 0.400. The van der Waals surface area contributed by atoms with Crippen molar-refractivity contribution in [3.63, 3.8) is 0 Å². The van der Waals surface area contributed by atoms with Gasteiger partial charge >= 0.3 is 0 Å². The fourth-order valence-electron chi connectivity index (χ4n) is 2.62. The van der Waals surface area contributed by atoms with Crippen LogP contribution >= 0.6 is 11.6 Å². The number of halogens is 1. The first-order valence-corrected chi connectivity index (χ1v) is 7.06. The summed E-state index contributed by atoms with van der Waals surface area (Å²) in [5.41, 5.74) is 2.64. The molecular formula is C15H18ClN3. The highest BCUT2D eigenvalue weighted by molar-refractivity contribution is 6.30. The summed E-state index contributed by atoms with van der Waals surface area (Å²) < 4.78 is 1.92. The first-order chi connectivity index (χ1) is 9.22. The van der Waals surface area contributed by atoms with E-state index in [4.69, 9.17) is 11.6 Å². The van der Waals surface area contributed by atoms with E-state index in [1.165, 1.54) is 24.1 Å². The minimum atomic E-state index is 0.621. The number of aryl methyl sites for hydroxylation is 1. The maximum absolute atomic E-state index is 5.91. The highest BCUT2D eigenvalue weighted by Crippen LogP contribution is 2.37. The number of hydrogen-bond donors (Lipinski definition) is 1. The maximum atomic E-state index is 5.91. The lowest BCUT2D eigenvalue weighted by atomic mass is 9.76. The highest BCUT2D eigenvalue weighted by Gasteiger charge is 2.29. The van der Waals surface area contributed by atoms with Crippen LogP contribution in [0.3, 0.4) is 0 Å². The van der Waals surface area contributed by atoms with E-state index in [-0.39, 0.29) is 0 Å². The second-order valence-corrected chi connectivity index (χ2v) is 5.68. The number of hydrogen-bond acceptors (Lipinski definition) is 2. The predicted molar refractivity (Wildman–Crippen MR) is 77.3 cm³/mol. The van der Waals surface area contributed by atoms with Crippen molar-refractivity contribution in [3.8, 4) is 0 Å². The van der Waals surface area contributed by atoms with Crippen LogP contribution in [0.1, 0.15) is 30.0 Å². The number of benzene rings is 1. The van der Waals surface area contributed by atoms with Crippen LogP contribution in [0.15, 0.2) is 36.5 Å². The molecule has 1 aromatic carbocycles. The van der Waals surface area contributed by atoms with Gasteiger partial charge in [0.25, 0.3) is 0 Å². The molecule has 3 nitrogen and oxygen atoms in total. The molecule has 1 aliphatic carbocycles. The Kier molecular flexibility index (Phi) is 3.58. The van der Waals surface area contributed by atoms with Gasteiger partial charge in [-0.2, -0.15) is 5.10 Å². The molecule has 4 heteroatoms. The average Bonchev–Trinajstić information content (AvgIpc) is 2.75.